The number of nitrogens with zero attached hydrogens (tertiary/aromatic N) is 2. The van der Waals surface area contributed by atoms with Crippen molar-refractivity contribution in [2.24, 2.45) is 0 Å². The summed E-state index contributed by atoms with van der Waals surface area (Å²) in [7, 11) is 0. The molecule has 0 fully saturated rings. The van der Waals surface area contributed by atoms with Gasteiger partial charge in [-0.3, -0.25) is 0 Å². The number of anilines is 6. The van der Waals surface area contributed by atoms with E-state index in [1.807, 2.05) is 18.2 Å². The number of hydrogen-bond donors (Lipinski definition) is 0. The van der Waals surface area contributed by atoms with E-state index in [1.165, 1.54) is 0 Å². The van der Waals surface area contributed by atoms with Crippen LogP contribution in [0.1, 0.15) is 0 Å². The van der Waals surface area contributed by atoms with Gasteiger partial charge in [-0.05, 0) is 123 Å². The molecule has 2 aromatic heterocycles. The first-order valence-corrected chi connectivity index (χ1v) is 24.1. The molecular weight excluding hydrogens is 869 g/mol. The van der Waals surface area contributed by atoms with Crippen molar-refractivity contribution in [3.8, 4) is 33.8 Å². The number of rotatable bonds is 7. The molecule has 0 bridgehead atoms. The van der Waals surface area contributed by atoms with Crippen LogP contribution in [0.25, 0.3) is 98.4 Å². The van der Waals surface area contributed by atoms with Crippen molar-refractivity contribution < 1.29 is 13.6 Å². The van der Waals surface area contributed by atoms with Gasteiger partial charge >= 0.3 is 0 Å². The Labute approximate surface area is 408 Å². The largest absolute Gasteiger partial charge is 0.456 e. The average molecular weight is 909 g/mol. The van der Waals surface area contributed by atoms with Gasteiger partial charge in [0, 0.05) is 55.3 Å². The van der Waals surface area contributed by atoms with Crippen LogP contribution in [0.15, 0.2) is 251 Å². The van der Waals surface area contributed by atoms with E-state index in [1.54, 1.807) is 0 Å². The highest BCUT2D eigenvalue weighted by molar-refractivity contribution is 6.27. The number of para-hydroxylation sites is 6. The first-order valence-electron chi connectivity index (χ1n) is 24.1. The minimum Gasteiger partial charge on any atom is -0.456 e. The van der Waals surface area contributed by atoms with E-state index in [-0.39, 0.29) is 0 Å². The fraction of sp³-hybridized carbons (Fsp3) is 0. The molecule has 0 spiro atoms. The first-order chi connectivity index (χ1) is 35.2. The number of benzene rings is 12. The van der Waals surface area contributed by atoms with Crippen LogP contribution in [0.3, 0.4) is 0 Å². The molecule has 332 valence electrons. The van der Waals surface area contributed by atoms with E-state index in [4.69, 9.17) is 13.6 Å². The SMILES string of the molecule is c1ccc(-c2cc3c4c(cc5c6ccccc6c(N(c6ccccc6)c6cccc7c6oc6ccccc67)cc5c4c2)-c2ccc(N(c4ccccc4)c4cccc5c4oc4ccccc45)cc2O3)cc1. The zero-order valence-electron chi connectivity index (χ0n) is 38.2. The molecule has 0 N–H and O–H groups in total. The average Bonchev–Trinajstić information content (AvgIpc) is 4.02. The Morgan fingerprint density at radius 1 is 0.268 bits per heavy atom. The van der Waals surface area contributed by atoms with Gasteiger partial charge in [0.15, 0.2) is 11.2 Å². The van der Waals surface area contributed by atoms with E-state index in [2.05, 4.69) is 234 Å². The number of fused-ring (bicyclic) bond motifs is 12. The third kappa shape index (κ3) is 6.06. The molecule has 0 atom stereocenters. The van der Waals surface area contributed by atoms with Crippen molar-refractivity contribution in [3.63, 3.8) is 0 Å². The molecule has 12 aromatic carbocycles. The normalized spacial score (nSPS) is 12.1. The number of hydrogen-bond acceptors (Lipinski definition) is 5. The second kappa shape index (κ2) is 15.5. The highest BCUT2D eigenvalue weighted by Crippen LogP contribution is 2.55. The van der Waals surface area contributed by atoms with Crippen LogP contribution in [-0.4, -0.2) is 0 Å². The van der Waals surface area contributed by atoms with Crippen molar-refractivity contribution in [2.75, 3.05) is 9.80 Å². The molecule has 3 heterocycles. The fourth-order valence-electron chi connectivity index (χ4n) is 11.2. The lowest BCUT2D eigenvalue weighted by atomic mass is 9.86. The van der Waals surface area contributed by atoms with Crippen LogP contribution >= 0.6 is 0 Å². The van der Waals surface area contributed by atoms with Gasteiger partial charge in [0.25, 0.3) is 0 Å². The lowest BCUT2D eigenvalue weighted by Gasteiger charge is -2.29. The highest BCUT2D eigenvalue weighted by atomic mass is 16.5. The molecular formula is C66H40N2O3. The third-order valence-corrected chi connectivity index (χ3v) is 14.4. The van der Waals surface area contributed by atoms with Crippen molar-refractivity contribution in [1.29, 1.82) is 0 Å². The predicted molar refractivity (Wildman–Crippen MR) is 294 cm³/mol. The molecule has 1 aliphatic heterocycles. The minimum absolute atomic E-state index is 0.786. The highest BCUT2D eigenvalue weighted by Gasteiger charge is 2.28. The maximum atomic E-state index is 7.27. The molecule has 5 heteroatoms. The van der Waals surface area contributed by atoms with E-state index in [9.17, 15) is 0 Å². The van der Waals surface area contributed by atoms with E-state index in [0.29, 0.717) is 0 Å². The van der Waals surface area contributed by atoms with Crippen LogP contribution in [0.4, 0.5) is 34.1 Å². The van der Waals surface area contributed by atoms with E-state index >= 15 is 0 Å². The summed E-state index contributed by atoms with van der Waals surface area (Å²) in [6.45, 7) is 0. The number of ether oxygens (including phenoxy) is 1. The van der Waals surface area contributed by atoms with Crippen molar-refractivity contribution >= 4 is 110 Å². The Kier molecular flexibility index (Phi) is 8.59. The third-order valence-electron chi connectivity index (χ3n) is 14.4. The lowest BCUT2D eigenvalue weighted by Crippen LogP contribution is -2.11. The van der Waals surface area contributed by atoms with Gasteiger partial charge in [-0.25, -0.2) is 0 Å². The molecule has 15 rings (SSSR count). The fourth-order valence-corrected chi connectivity index (χ4v) is 11.2. The van der Waals surface area contributed by atoms with Gasteiger partial charge in [-0.15, -0.1) is 0 Å². The molecule has 0 unspecified atom stereocenters. The standard InChI is InChI=1S/C66H40N2O3/c1-4-18-41(19-5-1)42-36-55-54-40-59(68(44-22-8-3-9-23-44)58-31-17-29-52-49-27-13-15-33-61(49)71-66(52)58)47-25-11-10-24-46(47)53(54)39-56-50-35-34-45(38-62(50)69-63(37-42)64(55)56)67(43-20-6-2-7-21-43)57-30-16-28-51-48-26-12-14-32-60(48)70-65(51)57/h1-40H. The van der Waals surface area contributed by atoms with Crippen molar-refractivity contribution in [2.45, 2.75) is 0 Å². The predicted octanol–water partition coefficient (Wildman–Crippen LogP) is 19.3. The zero-order chi connectivity index (χ0) is 46.6. The van der Waals surface area contributed by atoms with Crippen LogP contribution in [0, 0.1) is 0 Å². The maximum Gasteiger partial charge on any atom is 0.159 e. The zero-order valence-corrected chi connectivity index (χ0v) is 38.2. The molecule has 0 saturated carbocycles. The lowest BCUT2D eigenvalue weighted by molar-refractivity contribution is 0.487. The van der Waals surface area contributed by atoms with Gasteiger partial charge in [-0.1, -0.05) is 152 Å². The summed E-state index contributed by atoms with van der Waals surface area (Å²) in [5, 5.41) is 11.1. The van der Waals surface area contributed by atoms with Gasteiger partial charge in [0.2, 0.25) is 0 Å². The second-order valence-corrected chi connectivity index (χ2v) is 18.4. The van der Waals surface area contributed by atoms with Gasteiger partial charge in [0.1, 0.15) is 22.7 Å². The van der Waals surface area contributed by atoms with Crippen molar-refractivity contribution in [1.82, 2.24) is 0 Å². The summed E-state index contributed by atoms with van der Waals surface area (Å²) < 4.78 is 20.7. The second-order valence-electron chi connectivity index (χ2n) is 18.4. The summed E-state index contributed by atoms with van der Waals surface area (Å²) in [5.74, 6) is 1.60. The topological polar surface area (TPSA) is 42.0 Å². The van der Waals surface area contributed by atoms with Crippen LogP contribution < -0.4 is 14.5 Å². The van der Waals surface area contributed by atoms with Gasteiger partial charge in [-0.2, -0.15) is 0 Å². The van der Waals surface area contributed by atoms with Crippen LogP contribution in [0.5, 0.6) is 11.5 Å². The molecule has 0 saturated heterocycles. The Morgan fingerprint density at radius 3 is 1.46 bits per heavy atom. The van der Waals surface area contributed by atoms with Gasteiger partial charge in [0.05, 0.1) is 22.7 Å². The number of furan rings is 2. The Balaban J connectivity index is 0.987. The van der Waals surface area contributed by atoms with Gasteiger partial charge < -0.3 is 23.4 Å². The molecule has 0 radical (unpaired) electrons. The molecule has 0 amide bonds. The summed E-state index contributed by atoms with van der Waals surface area (Å²) in [6.07, 6.45) is 0. The van der Waals surface area contributed by atoms with E-state index in [0.717, 1.165) is 144 Å². The van der Waals surface area contributed by atoms with Crippen molar-refractivity contribution in [3.05, 3.63) is 243 Å². The quantitative estimate of drug-likeness (QED) is 0.149. The Hall–Kier alpha value is -9.58. The Bertz CT molecular complexity index is 4440. The smallest absolute Gasteiger partial charge is 0.159 e. The Morgan fingerprint density at radius 2 is 0.803 bits per heavy atom. The molecule has 14 aromatic rings. The molecule has 0 aliphatic carbocycles. The molecule has 1 aliphatic rings. The first kappa shape index (κ1) is 39.4. The minimum atomic E-state index is 0.786. The summed E-state index contributed by atoms with van der Waals surface area (Å²) in [5.41, 5.74) is 13.7. The summed E-state index contributed by atoms with van der Waals surface area (Å²) in [6, 6.07) is 86.0. The monoisotopic (exact) mass is 908 g/mol. The summed E-state index contributed by atoms with van der Waals surface area (Å²) in [4.78, 5) is 4.65. The van der Waals surface area contributed by atoms with E-state index < -0.39 is 0 Å². The molecule has 71 heavy (non-hydrogen) atoms. The maximum absolute atomic E-state index is 7.27. The van der Waals surface area contributed by atoms with Crippen LogP contribution in [0.2, 0.25) is 0 Å². The summed E-state index contributed by atoms with van der Waals surface area (Å²) >= 11 is 0. The molecule has 5 nitrogen and oxygen atoms in total. The van der Waals surface area contributed by atoms with Crippen LogP contribution in [-0.2, 0) is 0 Å².